The lowest BCUT2D eigenvalue weighted by Gasteiger charge is -2.38. The molecule has 2 aliphatic heterocycles. The Balaban J connectivity index is 1.35. The van der Waals surface area contributed by atoms with Crippen molar-refractivity contribution in [3.05, 3.63) is 28.3 Å². The van der Waals surface area contributed by atoms with Crippen LogP contribution in [0.15, 0.2) is 18.2 Å². The number of fused-ring (bicyclic) bond motifs is 1. The molecule has 0 bridgehead atoms. The van der Waals surface area contributed by atoms with Crippen LogP contribution in [0, 0.1) is 16.0 Å². The van der Waals surface area contributed by atoms with Crippen LogP contribution in [0.25, 0.3) is 10.2 Å². The number of piperidine rings is 1. The monoisotopic (exact) mass is 453 g/mol. The van der Waals surface area contributed by atoms with Crippen LogP contribution in [0.3, 0.4) is 0 Å². The van der Waals surface area contributed by atoms with Crippen molar-refractivity contribution in [3.8, 4) is 0 Å². The summed E-state index contributed by atoms with van der Waals surface area (Å²) < 4.78 is 25.5. The van der Waals surface area contributed by atoms with Crippen LogP contribution in [0.1, 0.15) is 12.8 Å². The number of nitro benzene ring substituents is 1. The standard InChI is InChI=1S/C18H23N5O5S2/c1-30(27,28)22-6-4-13(5-7-22)17(24)20-8-10-21(11-9-20)18-19-15-3-2-14(23(25)26)12-16(15)29-18/h2-3,12-13H,4-11H2,1H3. The van der Waals surface area contributed by atoms with Crippen molar-refractivity contribution < 1.29 is 18.1 Å². The molecule has 162 valence electrons. The molecule has 2 saturated heterocycles. The minimum atomic E-state index is -3.20. The number of nitrogens with zero attached hydrogens (tertiary/aromatic N) is 5. The summed E-state index contributed by atoms with van der Waals surface area (Å²) in [6.07, 6.45) is 2.32. The number of sulfonamides is 1. The summed E-state index contributed by atoms with van der Waals surface area (Å²) in [6, 6.07) is 4.66. The highest BCUT2D eigenvalue weighted by Crippen LogP contribution is 2.32. The number of rotatable bonds is 4. The number of non-ortho nitro benzene ring substituents is 1. The first-order chi connectivity index (χ1) is 14.2. The largest absolute Gasteiger partial charge is 0.345 e. The number of thiazole rings is 1. The highest BCUT2D eigenvalue weighted by atomic mass is 32.2. The molecule has 0 aliphatic carbocycles. The van der Waals surface area contributed by atoms with Gasteiger partial charge in [-0.25, -0.2) is 17.7 Å². The van der Waals surface area contributed by atoms with Crippen LogP contribution in [-0.4, -0.2) is 79.0 Å². The van der Waals surface area contributed by atoms with Gasteiger partial charge in [0.1, 0.15) is 0 Å². The maximum atomic E-state index is 12.9. The van der Waals surface area contributed by atoms with Gasteiger partial charge in [0.15, 0.2) is 5.13 Å². The van der Waals surface area contributed by atoms with E-state index in [4.69, 9.17) is 0 Å². The minimum absolute atomic E-state index is 0.0510. The molecule has 0 N–H and O–H groups in total. The van der Waals surface area contributed by atoms with Crippen LogP contribution < -0.4 is 4.90 Å². The van der Waals surface area contributed by atoms with E-state index in [1.54, 1.807) is 12.1 Å². The molecule has 1 amide bonds. The van der Waals surface area contributed by atoms with Gasteiger partial charge in [0.05, 0.1) is 21.4 Å². The number of nitro groups is 1. The highest BCUT2D eigenvalue weighted by Gasteiger charge is 2.33. The van der Waals surface area contributed by atoms with Crippen molar-refractivity contribution in [3.63, 3.8) is 0 Å². The van der Waals surface area contributed by atoms with E-state index < -0.39 is 14.9 Å². The molecule has 0 unspecified atom stereocenters. The number of piperazine rings is 1. The summed E-state index contributed by atoms with van der Waals surface area (Å²) in [4.78, 5) is 31.9. The molecule has 0 saturated carbocycles. The maximum absolute atomic E-state index is 12.9. The van der Waals surface area contributed by atoms with Crippen molar-refractivity contribution in [2.45, 2.75) is 12.8 Å². The number of hydrogen-bond acceptors (Lipinski definition) is 8. The second-order valence-electron chi connectivity index (χ2n) is 7.65. The lowest BCUT2D eigenvalue weighted by atomic mass is 9.96. The molecule has 0 spiro atoms. The Morgan fingerprint density at radius 3 is 2.43 bits per heavy atom. The minimum Gasteiger partial charge on any atom is -0.345 e. The van der Waals surface area contributed by atoms with E-state index >= 15 is 0 Å². The maximum Gasteiger partial charge on any atom is 0.270 e. The van der Waals surface area contributed by atoms with Crippen LogP contribution in [0.2, 0.25) is 0 Å². The quantitative estimate of drug-likeness (QED) is 0.509. The van der Waals surface area contributed by atoms with E-state index in [0.29, 0.717) is 52.1 Å². The van der Waals surface area contributed by atoms with Gasteiger partial charge in [-0.1, -0.05) is 11.3 Å². The molecule has 2 fully saturated rings. The molecule has 0 atom stereocenters. The van der Waals surface area contributed by atoms with Gasteiger partial charge in [0, 0.05) is 57.3 Å². The Labute approximate surface area is 178 Å². The Morgan fingerprint density at radius 1 is 1.17 bits per heavy atom. The molecule has 10 nitrogen and oxygen atoms in total. The Bertz CT molecular complexity index is 1070. The molecule has 4 rings (SSSR count). The van der Waals surface area contributed by atoms with Gasteiger partial charge in [-0.2, -0.15) is 0 Å². The fraction of sp³-hybridized carbons (Fsp3) is 0.556. The van der Waals surface area contributed by atoms with Crippen molar-refractivity contribution in [1.29, 1.82) is 0 Å². The van der Waals surface area contributed by atoms with E-state index in [2.05, 4.69) is 9.88 Å². The number of aromatic nitrogens is 1. The second-order valence-corrected chi connectivity index (χ2v) is 10.6. The van der Waals surface area contributed by atoms with Gasteiger partial charge in [0.2, 0.25) is 15.9 Å². The number of amides is 1. The fourth-order valence-electron chi connectivity index (χ4n) is 3.96. The average molecular weight is 454 g/mol. The third-order valence-electron chi connectivity index (χ3n) is 5.71. The topological polar surface area (TPSA) is 117 Å². The number of anilines is 1. The predicted molar refractivity (Wildman–Crippen MR) is 114 cm³/mol. The Hall–Kier alpha value is -2.31. The van der Waals surface area contributed by atoms with Crippen LogP contribution in [0.5, 0.6) is 0 Å². The SMILES string of the molecule is CS(=O)(=O)N1CCC(C(=O)N2CCN(c3nc4ccc([N+](=O)[O-])cc4s3)CC2)CC1. The Kier molecular flexibility index (Phi) is 5.64. The molecular formula is C18H23N5O5S2. The fourth-order valence-corrected chi connectivity index (χ4v) is 5.89. The Morgan fingerprint density at radius 2 is 1.83 bits per heavy atom. The van der Waals surface area contributed by atoms with Crippen LogP contribution in [0.4, 0.5) is 10.8 Å². The lowest BCUT2D eigenvalue weighted by molar-refractivity contribution is -0.384. The zero-order valence-corrected chi connectivity index (χ0v) is 18.2. The first-order valence-corrected chi connectivity index (χ1v) is 12.4. The third-order valence-corrected chi connectivity index (χ3v) is 8.09. The van der Waals surface area contributed by atoms with E-state index in [0.717, 1.165) is 15.3 Å². The van der Waals surface area contributed by atoms with Gasteiger partial charge in [0.25, 0.3) is 5.69 Å². The molecule has 1 aromatic carbocycles. The number of hydrogen-bond donors (Lipinski definition) is 0. The zero-order valence-electron chi connectivity index (χ0n) is 16.6. The van der Waals surface area contributed by atoms with Crippen molar-refractivity contribution >= 4 is 48.3 Å². The van der Waals surface area contributed by atoms with E-state index in [1.165, 1.54) is 28.0 Å². The summed E-state index contributed by atoms with van der Waals surface area (Å²) in [6.45, 7) is 3.26. The zero-order chi connectivity index (χ0) is 21.5. The predicted octanol–water partition coefficient (Wildman–Crippen LogP) is 1.52. The van der Waals surface area contributed by atoms with Gasteiger partial charge in [-0.3, -0.25) is 14.9 Å². The average Bonchev–Trinajstić information content (AvgIpc) is 3.16. The molecule has 2 aromatic rings. The molecule has 3 heterocycles. The lowest BCUT2D eigenvalue weighted by Crippen LogP contribution is -2.52. The van der Waals surface area contributed by atoms with E-state index in [9.17, 15) is 23.3 Å². The van der Waals surface area contributed by atoms with Crippen LogP contribution >= 0.6 is 11.3 Å². The summed E-state index contributed by atoms with van der Waals surface area (Å²) in [7, 11) is -3.20. The molecule has 0 radical (unpaired) electrons. The van der Waals surface area contributed by atoms with Gasteiger partial charge in [-0.15, -0.1) is 0 Å². The summed E-state index contributed by atoms with van der Waals surface area (Å²) in [5, 5.41) is 11.8. The van der Waals surface area contributed by atoms with Gasteiger partial charge < -0.3 is 9.80 Å². The van der Waals surface area contributed by atoms with Crippen molar-refractivity contribution in [2.75, 3.05) is 50.4 Å². The smallest absolute Gasteiger partial charge is 0.270 e. The van der Waals surface area contributed by atoms with Crippen molar-refractivity contribution in [2.24, 2.45) is 5.92 Å². The molecule has 2 aliphatic rings. The number of carbonyl (C=O) groups is 1. The van der Waals surface area contributed by atoms with E-state index in [1.807, 2.05) is 4.90 Å². The third kappa shape index (κ3) is 4.25. The van der Waals surface area contributed by atoms with Crippen molar-refractivity contribution in [1.82, 2.24) is 14.2 Å². The summed E-state index contributed by atoms with van der Waals surface area (Å²) in [5.74, 6) is -0.0275. The van der Waals surface area contributed by atoms with Gasteiger partial charge >= 0.3 is 0 Å². The van der Waals surface area contributed by atoms with E-state index in [-0.39, 0.29) is 17.5 Å². The normalized spacial score (nSPS) is 19.4. The molecule has 1 aromatic heterocycles. The first kappa shape index (κ1) is 20.9. The van der Waals surface area contributed by atoms with Crippen LogP contribution in [-0.2, 0) is 14.8 Å². The molecule has 12 heteroatoms. The molecular weight excluding hydrogens is 430 g/mol. The second kappa shape index (κ2) is 8.08. The highest BCUT2D eigenvalue weighted by molar-refractivity contribution is 7.88. The summed E-state index contributed by atoms with van der Waals surface area (Å²) in [5.41, 5.74) is 0.784. The number of carbonyl (C=O) groups excluding carboxylic acids is 1. The number of benzene rings is 1. The molecule has 30 heavy (non-hydrogen) atoms. The first-order valence-electron chi connectivity index (χ1n) is 9.76. The van der Waals surface area contributed by atoms with Gasteiger partial charge in [-0.05, 0) is 18.9 Å². The summed E-state index contributed by atoms with van der Waals surface area (Å²) >= 11 is 1.42.